The molecular weight excluding hydrogens is 258 g/mol. The van der Waals surface area contributed by atoms with Gasteiger partial charge in [-0.15, -0.1) is 0 Å². The van der Waals surface area contributed by atoms with Crippen molar-refractivity contribution in [2.75, 3.05) is 13.2 Å². The number of aliphatic hydroxyl groups excluding tert-OH is 1. The lowest BCUT2D eigenvalue weighted by Gasteiger charge is -2.14. The van der Waals surface area contributed by atoms with E-state index in [9.17, 15) is 4.79 Å². The van der Waals surface area contributed by atoms with Crippen LogP contribution in [0, 0.1) is 0 Å². The van der Waals surface area contributed by atoms with Gasteiger partial charge >= 0.3 is 6.09 Å². The molecule has 1 saturated carbocycles. The van der Waals surface area contributed by atoms with Crippen molar-refractivity contribution in [1.29, 1.82) is 0 Å². The van der Waals surface area contributed by atoms with Crippen LogP contribution in [0.25, 0.3) is 0 Å². The summed E-state index contributed by atoms with van der Waals surface area (Å²) in [5.41, 5.74) is 0.971. The predicted molar refractivity (Wildman–Crippen MR) is 74.2 cm³/mol. The molecule has 5 nitrogen and oxygen atoms in total. The maximum Gasteiger partial charge on any atom is 0.407 e. The van der Waals surface area contributed by atoms with Gasteiger partial charge in [-0.05, 0) is 24.8 Å². The molecule has 2 N–H and O–H groups in total. The first kappa shape index (κ1) is 14.8. The third-order valence-electron chi connectivity index (χ3n) is 3.36. The Balaban J connectivity index is 1.65. The van der Waals surface area contributed by atoms with Crippen LogP contribution in [-0.4, -0.2) is 36.6 Å². The van der Waals surface area contributed by atoms with Crippen LogP contribution in [0.5, 0.6) is 0 Å². The summed E-state index contributed by atoms with van der Waals surface area (Å²) in [6.07, 6.45) is 2.31. The van der Waals surface area contributed by atoms with Gasteiger partial charge in [0.25, 0.3) is 0 Å². The van der Waals surface area contributed by atoms with Gasteiger partial charge in [0, 0.05) is 6.04 Å². The molecule has 0 saturated heterocycles. The van der Waals surface area contributed by atoms with Gasteiger partial charge in [-0.1, -0.05) is 30.3 Å². The van der Waals surface area contributed by atoms with Gasteiger partial charge in [-0.25, -0.2) is 4.79 Å². The minimum atomic E-state index is -0.387. The smallest absolute Gasteiger partial charge is 0.407 e. The number of benzene rings is 1. The van der Waals surface area contributed by atoms with Gasteiger partial charge < -0.3 is 19.9 Å². The highest BCUT2D eigenvalue weighted by molar-refractivity contribution is 5.67. The first-order valence-corrected chi connectivity index (χ1v) is 6.97. The van der Waals surface area contributed by atoms with E-state index in [0.29, 0.717) is 6.61 Å². The zero-order chi connectivity index (χ0) is 14.2. The second kappa shape index (κ2) is 7.87. The van der Waals surface area contributed by atoms with E-state index >= 15 is 0 Å². The van der Waals surface area contributed by atoms with Crippen molar-refractivity contribution >= 4 is 6.09 Å². The summed E-state index contributed by atoms with van der Waals surface area (Å²) in [4.78, 5) is 11.7. The van der Waals surface area contributed by atoms with Gasteiger partial charge in [0.1, 0.15) is 6.61 Å². The Kier molecular flexibility index (Phi) is 5.83. The molecular formula is C15H21NO4. The van der Waals surface area contributed by atoms with E-state index in [2.05, 4.69) is 5.32 Å². The number of alkyl carbamates (subject to hydrolysis) is 1. The van der Waals surface area contributed by atoms with Gasteiger partial charge in [-0.3, -0.25) is 0 Å². The lowest BCUT2D eigenvalue weighted by molar-refractivity contribution is 0.0317. The van der Waals surface area contributed by atoms with E-state index in [4.69, 9.17) is 14.6 Å². The Hall–Kier alpha value is -1.59. The normalized spacial score (nSPS) is 21.6. The van der Waals surface area contributed by atoms with Crippen molar-refractivity contribution < 1.29 is 19.4 Å². The highest BCUT2D eigenvalue weighted by Gasteiger charge is 2.26. The average Bonchev–Trinajstić information content (AvgIpc) is 2.91. The van der Waals surface area contributed by atoms with E-state index in [1.54, 1.807) is 0 Å². The van der Waals surface area contributed by atoms with E-state index in [0.717, 1.165) is 24.8 Å². The fraction of sp³-hybridized carbons (Fsp3) is 0.533. The SMILES string of the molecule is O=C(NC1CCC(OCCO)C1)OCc1ccccc1. The van der Waals surface area contributed by atoms with Crippen LogP contribution in [0.2, 0.25) is 0 Å². The molecule has 20 heavy (non-hydrogen) atoms. The molecule has 1 aliphatic carbocycles. The summed E-state index contributed by atoms with van der Waals surface area (Å²) in [6, 6.07) is 9.69. The molecule has 0 bridgehead atoms. The maximum absolute atomic E-state index is 11.7. The quantitative estimate of drug-likeness (QED) is 0.834. The van der Waals surface area contributed by atoms with E-state index in [1.165, 1.54) is 0 Å². The third-order valence-corrected chi connectivity index (χ3v) is 3.36. The fourth-order valence-electron chi connectivity index (χ4n) is 2.37. The second-order valence-electron chi connectivity index (χ2n) is 4.93. The fourth-order valence-corrected chi connectivity index (χ4v) is 2.37. The average molecular weight is 279 g/mol. The van der Waals surface area contributed by atoms with Crippen LogP contribution in [0.4, 0.5) is 4.79 Å². The maximum atomic E-state index is 11.7. The van der Waals surface area contributed by atoms with Crippen LogP contribution in [0.15, 0.2) is 30.3 Å². The molecule has 1 amide bonds. The van der Waals surface area contributed by atoms with E-state index in [1.807, 2.05) is 30.3 Å². The Labute approximate surface area is 118 Å². The van der Waals surface area contributed by atoms with Gasteiger partial charge in [-0.2, -0.15) is 0 Å². The molecule has 2 unspecified atom stereocenters. The molecule has 0 aliphatic heterocycles. The molecule has 0 spiro atoms. The molecule has 5 heteroatoms. The number of amides is 1. The number of aliphatic hydroxyl groups is 1. The minimum Gasteiger partial charge on any atom is -0.445 e. The first-order chi connectivity index (χ1) is 9.78. The molecule has 1 fully saturated rings. The van der Waals surface area contributed by atoms with E-state index < -0.39 is 0 Å². The summed E-state index contributed by atoms with van der Waals surface area (Å²) in [6.45, 7) is 0.674. The minimum absolute atomic E-state index is 0.0354. The molecule has 2 rings (SSSR count). The summed E-state index contributed by atoms with van der Waals surface area (Å²) in [7, 11) is 0. The first-order valence-electron chi connectivity index (χ1n) is 6.97. The number of rotatable bonds is 6. The summed E-state index contributed by atoms with van der Waals surface area (Å²) in [5, 5.41) is 11.6. The van der Waals surface area contributed by atoms with Crippen molar-refractivity contribution in [3.05, 3.63) is 35.9 Å². The molecule has 1 aliphatic rings. The number of carbonyl (C=O) groups excluding carboxylic acids is 1. The van der Waals surface area contributed by atoms with Crippen LogP contribution in [-0.2, 0) is 16.1 Å². The lowest BCUT2D eigenvalue weighted by atomic mass is 10.2. The van der Waals surface area contributed by atoms with Crippen LogP contribution in [0.3, 0.4) is 0 Å². The van der Waals surface area contributed by atoms with Gasteiger partial charge in [0.2, 0.25) is 0 Å². The Morgan fingerprint density at radius 2 is 2.10 bits per heavy atom. The molecule has 0 radical (unpaired) electrons. The standard InChI is InChI=1S/C15H21NO4/c17-8-9-19-14-7-6-13(10-14)16-15(18)20-11-12-4-2-1-3-5-12/h1-5,13-14,17H,6-11H2,(H,16,18). The number of carbonyl (C=O) groups is 1. The monoisotopic (exact) mass is 279 g/mol. The van der Waals surface area contributed by atoms with Crippen molar-refractivity contribution in [3.63, 3.8) is 0 Å². The number of nitrogens with one attached hydrogen (secondary N) is 1. The topological polar surface area (TPSA) is 67.8 Å². The highest BCUT2D eigenvalue weighted by atomic mass is 16.5. The molecule has 0 aromatic heterocycles. The highest BCUT2D eigenvalue weighted by Crippen LogP contribution is 2.22. The number of hydrogen-bond donors (Lipinski definition) is 2. The summed E-state index contributed by atoms with van der Waals surface area (Å²) >= 11 is 0. The van der Waals surface area contributed by atoms with Crippen LogP contribution >= 0.6 is 0 Å². The Morgan fingerprint density at radius 1 is 1.30 bits per heavy atom. The molecule has 1 aromatic carbocycles. The van der Waals surface area contributed by atoms with E-state index in [-0.39, 0.29) is 31.5 Å². The zero-order valence-electron chi connectivity index (χ0n) is 11.5. The van der Waals surface area contributed by atoms with Gasteiger partial charge in [0.15, 0.2) is 0 Å². The third kappa shape index (κ3) is 4.83. The summed E-state index contributed by atoms with van der Waals surface area (Å²) < 4.78 is 10.6. The van der Waals surface area contributed by atoms with Crippen molar-refractivity contribution in [1.82, 2.24) is 5.32 Å². The number of hydrogen-bond acceptors (Lipinski definition) is 4. The van der Waals surface area contributed by atoms with Crippen molar-refractivity contribution in [2.24, 2.45) is 0 Å². The van der Waals surface area contributed by atoms with Gasteiger partial charge in [0.05, 0.1) is 19.3 Å². The molecule has 0 heterocycles. The molecule has 1 aromatic rings. The number of ether oxygens (including phenoxy) is 2. The van der Waals surface area contributed by atoms with Crippen molar-refractivity contribution in [3.8, 4) is 0 Å². The summed E-state index contributed by atoms with van der Waals surface area (Å²) in [5.74, 6) is 0. The molecule has 2 atom stereocenters. The Bertz CT molecular complexity index is 410. The van der Waals surface area contributed by atoms with Crippen molar-refractivity contribution in [2.45, 2.75) is 38.0 Å². The zero-order valence-corrected chi connectivity index (χ0v) is 11.5. The lowest BCUT2D eigenvalue weighted by Crippen LogP contribution is -2.33. The second-order valence-corrected chi connectivity index (χ2v) is 4.93. The van der Waals surface area contributed by atoms with Crippen LogP contribution in [0.1, 0.15) is 24.8 Å². The van der Waals surface area contributed by atoms with Crippen LogP contribution < -0.4 is 5.32 Å². The molecule has 110 valence electrons. The Morgan fingerprint density at radius 3 is 2.85 bits per heavy atom. The largest absolute Gasteiger partial charge is 0.445 e. The predicted octanol–water partition coefficient (Wildman–Crippen LogP) is 1.84.